The van der Waals surface area contributed by atoms with E-state index in [2.05, 4.69) is 60.0 Å². The number of nitrogens with zero attached hydrogens (tertiary/aromatic N) is 8. The topological polar surface area (TPSA) is 162 Å². The van der Waals surface area contributed by atoms with Gasteiger partial charge in [0, 0.05) is 150 Å². The van der Waals surface area contributed by atoms with Crippen molar-refractivity contribution in [3.05, 3.63) is 0 Å². The molecule has 0 aliphatic heterocycles. The van der Waals surface area contributed by atoms with Gasteiger partial charge in [-0.05, 0) is 238 Å². The molecule has 0 radical (unpaired) electrons. The van der Waals surface area contributed by atoms with Gasteiger partial charge in [0.25, 0.3) is 0 Å². The van der Waals surface area contributed by atoms with E-state index < -0.39 is 0 Å². The number of rotatable bonds is 23. The second kappa shape index (κ2) is 63.5. The standard InChI is InChI=1S/C22H38N2O2.C19H33NO.C17H31NO.C16H29NO.C15H27NO.2C14H25NO/c1-23(21(25)17-9-5-3-6-10-17)19-13-15-20(16-14-19)24(2)22(26)18-11-7-4-8-12-18;21-19(16-10-4-1-5-11-16)20(17-12-6-2-7-13-17)18-14-8-3-9-15-18;1-2-3-14-18(16-12-8-5-9-13-16)17(19)15-10-6-4-7-11-15;1-2-13-17(15-11-7-4-8-12-15)16(18)14-9-5-3-6-10-14;1-2-16(14-11-7-4-8-12-14)15(17)13-9-5-3-6-10-13;2*1-15(13-10-6-3-7-11-13)14(16)12-8-4-2-5-9-12/h17-20H,3-16H2,1-2H3;16-18H,1-15H2;15-16H,2-14H2,1H3;14-15H,2-13H2,1H3;13-14H,2-12H2,1H3;2*12-13H,2-11H2,1H3. The summed E-state index contributed by atoms with van der Waals surface area (Å²) in [7, 11) is 8.09. The Labute approximate surface area is 816 Å². The summed E-state index contributed by atoms with van der Waals surface area (Å²) in [6.07, 6.45) is 102. The van der Waals surface area contributed by atoms with Gasteiger partial charge in [-0.25, -0.2) is 0 Å². The zero-order valence-corrected chi connectivity index (χ0v) is 87.8. The van der Waals surface area contributed by atoms with Gasteiger partial charge in [-0.3, -0.25) is 38.4 Å². The van der Waals surface area contributed by atoms with Gasteiger partial charge in [0.15, 0.2) is 0 Å². The van der Waals surface area contributed by atoms with Crippen LogP contribution >= 0.6 is 0 Å². The van der Waals surface area contributed by atoms with Crippen LogP contribution in [0.3, 0.4) is 0 Å². The van der Waals surface area contributed by atoms with Crippen LogP contribution in [0.5, 0.6) is 0 Å². The molecule has 16 aliphatic carbocycles. The van der Waals surface area contributed by atoms with E-state index in [1.54, 1.807) is 0 Å². The van der Waals surface area contributed by atoms with E-state index in [1.165, 1.54) is 392 Å². The summed E-state index contributed by atoms with van der Waals surface area (Å²) >= 11 is 0. The molecule has 764 valence electrons. The van der Waals surface area contributed by atoms with Crippen molar-refractivity contribution >= 4 is 47.3 Å². The molecule has 16 aliphatic rings. The van der Waals surface area contributed by atoms with Crippen LogP contribution < -0.4 is 0 Å². The highest BCUT2D eigenvalue weighted by Crippen LogP contribution is 2.41. The molecular formula is C117H208N8O8. The number of hydrogen-bond acceptors (Lipinski definition) is 8. The molecule has 16 fully saturated rings. The fourth-order valence-corrected chi connectivity index (χ4v) is 28.0. The second-order valence-electron chi connectivity index (χ2n) is 46.3. The number of carbonyl (C=O) groups is 8. The van der Waals surface area contributed by atoms with Gasteiger partial charge < -0.3 is 39.2 Å². The van der Waals surface area contributed by atoms with Crippen molar-refractivity contribution in [3.63, 3.8) is 0 Å². The van der Waals surface area contributed by atoms with Gasteiger partial charge >= 0.3 is 0 Å². The van der Waals surface area contributed by atoms with E-state index in [1.807, 2.05) is 28.2 Å². The van der Waals surface area contributed by atoms with E-state index in [4.69, 9.17) is 0 Å². The predicted octanol–water partition coefficient (Wildman–Crippen LogP) is 28.6. The zero-order chi connectivity index (χ0) is 94.2. The lowest BCUT2D eigenvalue weighted by Crippen LogP contribution is -2.51. The Hall–Kier alpha value is -4.24. The zero-order valence-electron chi connectivity index (χ0n) is 87.8. The predicted molar refractivity (Wildman–Crippen MR) is 551 cm³/mol. The smallest absolute Gasteiger partial charge is 0.226 e. The van der Waals surface area contributed by atoms with E-state index >= 15 is 0 Å². The number of carbonyl (C=O) groups excluding carboxylic acids is 8. The van der Waals surface area contributed by atoms with Crippen LogP contribution in [-0.4, -0.2) is 189 Å². The molecule has 0 bridgehead atoms. The first-order valence-corrected chi connectivity index (χ1v) is 59.3. The molecule has 0 N–H and O–H groups in total. The summed E-state index contributed by atoms with van der Waals surface area (Å²) < 4.78 is 0. The fraction of sp³-hybridized carbons (Fsp3) is 0.932. The molecular weight excluding hydrogens is 1650 g/mol. The molecule has 0 spiro atoms. The molecule has 16 nitrogen and oxygen atoms in total. The first kappa shape index (κ1) is 111. The molecule has 0 atom stereocenters. The number of unbranched alkanes of at least 4 members (excludes halogenated alkanes) is 1. The summed E-state index contributed by atoms with van der Waals surface area (Å²) in [5.41, 5.74) is 0. The summed E-state index contributed by atoms with van der Waals surface area (Å²) in [6, 6.07) is 4.68. The summed E-state index contributed by atoms with van der Waals surface area (Å²) in [6.45, 7) is 9.49. The van der Waals surface area contributed by atoms with Gasteiger partial charge in [0.2, 0.25) is 47.3 Å². The first-order chi connectivity index (χ1) is 65.0. The monoisotopic (exact) mass is 1850 g/mol. The van der Waals surface area contributed by atoms with Crippen LogP contribution in [0, 0.1) is 47.3 Å². The number of hydrogen-bond donors (Lipinski definition) is 0. The van der Waals surface area contributed by atoms with Crippen LogP contribution in [0.1, 0.15) is 547 Å². The van der Waals surface area contributed by atoms with E-state index in [0.29, 0.717) is 137 Å². The quantitative estimate of drug-likeness (QED) is 0.0976. The maximum atomic E-state index is 13.2. The summed E-state index contributed by atoms with van der Waals surface area (Å²) in [5.74, 6) is 6.28. The molecule has 16 saturated carbocycles. The van der Waals surface area contributed by atoms with Gasteiger partial charge in [-0.15, -0.1) is 0 Å². The van der Waals surface area contributed by atoms with Crippen LogP contribution in [0.2, 0.25) is 0 Å². The molecule has 16 heteroatoms. The normalized spacial score (nSPS) is 25.0. The van der Waals surface area contributed by atoms with E-state index in [9.17, 15) is 38.4 Å². The molecule has 133 heavy (non-hydrogen) atoms. The highest BCUT2D eigenvalue weighted by atomic mass is 16.2. The highest BCUT2D eigenvalue weighted by molar-refractivity contribution is 5.83. The van der Waals surface area contributed by atoms with Crippen molar-refractivity contribution in [3.8, 4) is 0 Å². The fourth-order valence-electron chi connectivity index (χ4n) is 28.0. The second-order valence-corrected chi connectivity index (χ2v) is 46.3. The molecule has 0 unspecified atom stereocenters. The molecule has 0 aromatic rings. The molecule has 0 heterocycles. The summed E-state index contributed by atoms with van der Waals surface area (Å²) in [5, 5.41) is 0. The van der Waals surface area contributed by atoms with E-state index in [-0.39, 0.29) is 11.8 Å². The van der Waals surface area contributed by atoms with Crippen molar-refractivity contribution in [2.45, 2.75) is 602 Å². The van der Waals surface area contributed by atoms with Crippen LogP contribution in [-0.2, 0) is 38.4 Å². The minimum absolute atomic E-state index is 0.266. The van der Waals surface area contributed by atoms with Crippen molar-refractivity contribution < 1.29 is 38.4 Å². The average Bonchev–Trinajstić information content (AvgIpc) is 0.813. The molecule has 0 aromatic carbocycles. The lowest BCUT2D eigenvalue weighted by atomic mass is 9.84. The highest BCUT2D eigenvalue weighted by Gasteiger charge is 2.41. The van der Waals surface area contributed by atoms with Crippen molar-refractivity contribution in [1.82, 2.24) is 39.2 Å². The lowest BCUT2D eigenvalue weighted by molar-refractivity contribution is -0.144. The third-order valence-corrected chi connectivity index (χ3v) is 36.7. The van der Waals surface area contributed by atoms with Gasteiger partial charge in [-0.1, -0.05) is 309 Å². The SMILES string of the molecule is CCCCN(C(=O)C1CCCCC1)C1CCCCC1.CCCN(C(=O)C1CCCCC1)C1CCCCC1.CCN(C(=O)C1CCCCC1)C1CCCCC1.CN(C(=O)C1CCCCC1)C1CCC(N(C)C(=O)C2CCCCC2)CC1.CN(C(=O)C1CCCCC1)C1CCCCC1.CN(C(=O)C1CCCCC1)C1CCCCC1.O=C(C1CCCCC1)N(C1CCCCC1)C1CCCCC1. The lowest BCUT2D eigenvalue weighted by Gasteiger charge is -2.43. The minimum Gasteiger partial charge on any atom is -0.343 e. The average molecular weight is 1850 g/mol. The van der Waals surface area contributed by atoms with Gasteiger partial charge in [0.1, 0.15) is 0 Å². The largest absolute Gasteiger partial charge is 0.343 e. The maximum absolute atomic E-state index is 13.2. The first-order valence-electron chi connectivity index (χ1n) is 59.3. The molecule has 0 saturated heterocycles. The Bertz CT molecular complexity index is 3050. The van der Waals surface area contributed by atoms with Gasteiger partial charge in [0.05, 0.1) is 0 Å². The Morgan fingerprint density at radius 3 is 0.541 bits per heavy atom. The maximum Gasteiger partial charge on any atom is 0.226 e. The van der Waals surface area contributed by atoms with Gasteiger partial charge in [-0.2, -0.15) is 0 Å². The minimum atomic E-state index is 0.266. The molecule has 8 amide bonds. The van der Waals surface area contributed by atoms with Crippen molar-refractivity contribution in [1.29, 1.82) is 0 Å². The van der Waals surface area contributed by atoms with E-state index in [0.717, 1.165) is 154 Å². The van der Waals surface area contributed by atoms with Crippen LogP contribution in [0.25, 0.3) is 0 Å². The molecule has 16 rings (SSSR count). The Morgan fingerprint density at radius 2 is 0.331 bits per heavy atom. The summed E-state index contributed by atoms with van der Waals surface area (Å²) in [4.78, 5) is 119. The Morgan fingerprint density at radius 1 is 0.165 bits per heavy atom. The Kier molecular flexibility index (Phi) is 52.9. The van der Waals surface area contributed by atoms with Crippen LogP contribution in [0.4, 0.5) is 0 Å². The number of amides is 8. The van der Waals surface area contributed by atoms with Crippen LogP contribution in [0.15, 0.2) is 0 Å². The third-order valence-electron chi connectivity index (χ3n) is 36.7. The van der Waals surface area contributed by atoms with Crippen molar-refractivity contribution in [2.24, 2.45) is 47.3 Å². The third kappa shape index (κ3) is 36.7. The van der Waals surface area contributed by atoms with Crippen molar-refractivity contribution in [2.75, 3.05) is 47.8 Å². The molecule has 0 aromatic heterocycles. The Balaban J connectivity index is 0.000000162.